The summed E-state index contributed by atoms with van der Waals surface area (Å²) in [6.45, 7) is 2.06. The predicted molar refractivity (Wildman–Crippen MR) is 67.2 cm³/mol. The van der Waals surface area contributed by atoms with Crippen molar-refractivity contribution in [1.29, 1.82) is 0 Å². The van der Waals surface area contributed by atoms with Crippen LogP contribution in [-0.4, -0.2) is 53.8 Å². The van der Waals surface area contributed by atoms with E-state index in [0.717, 1.165) is 25.9 Å². The summed E-state index contributed by atoms with van der Waals surface area (Å²) in [5, 5.41) is 9.61. The average Bonchev–Trinajstić information content (AvgIpc) is 2.82. The van der Waals surface area contributed by atoms with E-state index in [-0.39, 0.29) is 18.2 Å². The van der Waals surface area contributed by atoms with Gasteiger partial charge in [-0.25, -0.2) is 13.4 Å². The van der Waals surface area contributed by atoms with Crippen molar-refractivity contribution in [3.63, 3.8) is 0 Å². The van der Waals surface area contributed by atoms with Crippen molar-refractivity contribution in [2.24, 2.45) is 5.92 Å². The summed E-state index contributed by atoms with van der Waals surface area (Å²) < 4.78 is 25.7. The molecule has 2 heterocycles. The Morgan fingerprint density at radius 1 is 1.44 bits per heavy atom. The molecule has 0 radical (unpaired) electrons. The Morgan fingerprint density at radius 3 is 2.78 bits per heavy atom. The lowest BCUT2D eigenvalue weighted by Gasteiger charge is -2.24. The van der Waals surface area contributed by atoms with Crippen LogP contribution in [-0.2, 0) is 16.6 Å². The average molecular weight is 273 g/mol. The molecule has 1 aromatic heterocycles. The Kier molecular flexibility index (Phi) is 4.31. The molecule has 8 heteroatoms. The van der Waals surface area contributed by atoms with Gasteiger partial charge in [-0.2, -0.15) is 9.40 Å². The van der Waals surface area contributed by atoms with E-state index in [9.17, 15) is 8.42 Å². The van der Waals surface area contributed by atoms with Gasteiger partial charge in [-0.3, -0.25) is 5.10 Å². The lowest BCUT2D eigenvalue weighted by Crippen LogP contribution is -2.36. The first-order valence-electron chi connectivity index (χ1n) is 6.07. The molecule has 2 N–H and O–H groups in total. The Morgan fingerprint density at radius 2 is 2.17 bits per heavy atom. The molecule has 0 unspecified atom stereocenters. The van der Waals surface area contributed by atoms with Crippen LogP contribution >= 0.6 is 0 Å². The number of rotatable bonds is 5. The summed E-state index contributed by atoms with van der Waals surface area (Å²) >= 11 is 0. The maximum absolute atomic E-state index is 12.2. The summed E-state index contributed by atoms with van der Waals surface area (Å²) in [4.78, 5) is 3.93. The number of aromatic amines is 1. The molecular formula is C10H19N5O2S. The first-order valence-corrected chi connectivity index (χ1v) is 7.68. The van der Waals surface area contributed by atoms with Crippen molar-refractivity contribution in [3.8, 4) is 0 Å². The number of hydrogen-bond donors (Lipinski definition) is 2. The van der Waals surface area contributed by atoms with Gasteiger partial charge < -0.3 is 5.32 Å². The van der Waals surface area contributed by atoms with Gasteiger partial charge in [0.1, 0.15) is 12.2 Å². The number of sulfonamides is 1. The molecule has 2 rings (SSSR count). The third-order valence-electron chi connectivity index (χ3n) is 3.22. The lowest BCUT2D eigenvalue weighted by atomic mass is 10.0. The SMILES string of the molecule is CN(Cc1ncn[nH]1)S(=O)(=O)CC1CCNCC1. The van der Waals surface area contributed by atoms with Gasteiger partial charge in [0.15, 0.2) is 0 Å². The quantitative estimate of drug-likeness (QED) is 0.759. The lowest BCUT2D eigenvalue weighted by molar-refractivity contribution is 0.387. The molecule has 1 saturated heterocycles. The molecule has 0 aliphatic carbocycles. The Bertz CT molecular complexity index is 453. The van der Waals surface area contributed by atoms with E-state index in [1.807, 2.05) is 0 Å². The van der Waals surface area contributed by atoms with Gasteiger partial charge >= 0.3 is 0 Å². The van der Waals surface area contributed by atoms with Gasteiger partial charge in [-0.05, 0) is 31.8 Å². The first-order chi connectivity index (χ1) is 8.58. The Hall–Kier alpha value is -0.990. The van der Waals surface area contributed by atoms with Crippen LogP contribution in [0.15, 0.2) is 6.33 Å². The molecule has 0 saturated carbocycles. The van der Waals surface area contributed by atoms with Crippen LogP contribution in [0.5, 0.6) is 0 Å². The second-order valence-corrected chi connectivity index (χ2v) is 6.78. The molecule has 102 valence electrons. The van der Waals surface area contributed by atoms with Crippen LogP contribution in [0.1, 0.15) is 18.7 Å². The van der Waals surface area contributed by atoms with Crippen molar-refractivity contribution in [3.05, 3.63) is 12.2 Å². The maximum Gasteiger partial charge on any atom is 0.214 e. The number of nitrogens with one attached hydrogen (secondary N) is 2. The summed E-state index contributed by atoms with van der Waals surface area (Å²) in [5.74, 6) is 1.04. The molecule has 0 spiro atoms. The Labute approximate surface area is 107 Å². The molecule has 18 heavy (non-hydrogen) atoms. The number of aromatic nitrogens is 3. The molecule has 0 aromatic carbocycles. The molecular weight excluding hydrogens is 254 g/mol. The maximum atomic E-state index is 12.2. The van der Waals surface area contributed by atoms with Gasteiger partial charge in [-0.15, -0.1) is 0 Å². The van der Waals surface area contributed by atoms with Crippen molar-refractivity contribution in [1.82, 2.24) is 24.8 Å². The van der Waals surface area contributed by atoms with E-state index in [0.29, 0.717) is 5.82 Å². The number of hydrogen-bond acceptors (Lipinski definition) is 5. The summed E-state index contributed by atoms with van der Waals surface area (Å²) in [6, 6.07) is 0. The minimum Gasteiger partial charge on any atom is -0.317 e. The van der Waals surface area contributed by atoms with Crippen molar-refractivity contribution >= 4 is 10.0 Å². The summed E-state index contributed by atoms with van der Waals surface area (Å²) in [6.07, 6.45) is 3.23. The summed E-state index contributed by atoms with van der Waals surface area (Å²) in [7, 11) is -1.64. The van der Waals surface area contributed by atoms with Gasteiger partial charge in [0.2, 0.25) is 10.0 Å². The van der Waals surface area contributed by atoms with Crippen LogP contribution in [0.25, 0.3) is 0 Å². The largest absolute Gasteiger partial charge is 0.317 e. The minimum absolute atomic E-state index is 0.222. The third-order valence-corrected chi connectivity index (χ3v) is 5.19. The normalized spacial score (nSPS) is 18.3. The van der Waals surface area contributed by atoms with Crippen LogP contribution in [0, 0.1) is 5.92 Å². The molecule has 0 amide bonds. The van der Waals surface area contributed by atoms with Crippen molar-refractivity contribution in [2.45, 2.75) is 19.4 Å². The highest BCUT2D eigenvalue weighted by molar-refractivity contribution is 7.89. The smallest absolute Gasteiger partial charge is 0.214 e. The van der Waals surface area contributed by atoms with E-state index in [2.05, 4.69) is 20.5 Å². The van der Waals surface area contributed by atoms with E-state index in [1.165, 1.54) is 10.6 Å². The summed E-state index contributed by atoms with van der Waals surface area (Å²) in [5.41, 5.74) is 0. The van der Waals surface area contributed by atoms with Crippen LogP contribution in [0.2, 0.25) is 0 Å². The second-order valence-electron chi connectivity index (χ2n) is 4.66. The highest BCUT2D eigenvalue weighted by Crippen LogP contribution is 2.16. The number of nitrogens with zero attached hydrogens (tertiary/aromatic N) is 3. The Balaban J connectivity index is 1.92. The van der Waals surface area contributed by atoms with Crippen molar-refractivity contribution < 1.29 is 8.42 Å². The molecule has 1 fully saturated rings. The third kappa shape index (κ3) is 3.50. The van der Waals surface area contributed by atoms with E-state index in [1.54, 1.807) is 7.05 Å². The zero-order valence-corrected chi connectivity index (χ0v) is 11.3. The molecule has 1 aliphatic heterocycles. The number of piperidine rings is 1. The van der Waals surface area contributed by atoms with Gasteiger partial charge in [0.05, 0.1) is 12.3 Å². The van der Waals surface area contributed by atoms with E-state index < -0.39 is 10.0 Å². The topological polar surface area (TPSA) is 91.0 Å². The standard InChI is InChI=1S/C10H19N5O2S/c1-15(6-10-12-8-13-14-10)18(16,17)7-9-2-4-11-5-3-9/h8-9,11H,2-7H2,1H3,(H,12,13,14). The molecule has 0 bridgehead atoms. The fourth-order valence-electron chi connectivity index (χ4n) is 2.09. The van der Waals surface area contributed by atoms with Crippen LogP contribution in [0.4, 0.5) is 0 Å². The fourth-order valence-corrected chi connectivity index (χ4v) is 3.59. The second kappa shape index (κ2) is 5.77. The van der Waals surface area contributed by atoms with Crippen molar-refractivity contribution in [2.75, 3.05) is 25.9 Å². The zero-order chi connectivity index (χ0) is 13.0. The number of H-pyrrole nitrogens is 1. The van der Waals surface area contributed by atoms with Gasteiger partial charge in [0, 0.05) is 7.05 Å². The highest BCUT2D eigenvalue weighted by Gasteiger charge is 2.25. The zero-order valence-electron chi connectivity index (χ0n) is 10.5. The molecule has 7 nitrogen and oxygen atoms in total. The van der Waals surface area contributed by atoms with Gasteiger partial charge in [0.25, 0.3) is 0 Å². The minimum atomic E-state index is -3.22. The van der Waals surface area contributed by atoms with E-state index in [4.69, 9.17) is 0 Å². The van der Waals surface area contributed by atoms with Crippen LogP contribution in [0.3, 0.4) is 0 Å². The van der Waals surface area contributed by atoms with E-state index >= 15 is 0 Å². The first kappa shape index (κ1) is 13.4. The molecule has 0 atom stereocenters. The fraction of sp³-hybridized carbons (Fsp3) is 0.800. The molecule has 1 aliphatic rings. The van der Waals surface area contributed by atoms with Crippen LogP contribution < -0.4 is 5.32 Å². The molecule has 1 aromatic rings. The predicted octanol–water partition coefficient (Wildman–Crippen LogP) is -0.434. The van der Waals surface area contributed by atoms with Gasteiger partial charge in [-0.1, -0.05) is 0 Å². The monoisotopic (exact) mass is 273 g/mol. The highest BCUT2D eigenvalue weighted by atomic mass is 32.2.